The molecule has 0 heterocycles. The second kappa shape index (κ2) is 8.89. The van der Waals surface area contributed by atoms with E-state index >= 15 is 0 Å². The summed E-state index contributed by atoms with van der Waals surface area (Å²) in [5.41, 5.74) is 7.66. The monoisotopic (exact) mass is 327 g/mol. The Bertz CT molecular complexity index is 597. The number of unbranched alkanes of at least 4 members (excludes halogenated alkanes) is 4. The van der Waals surface area contributed by atoms with Crippen LogP contribution in [-0.2, 0) is 9.53 Å². The Morgan fingerprint density at radius 1 is 1.29 bits per heavy atom. The maximum atomic E-state index is 11.8. The first kappa shape index (κ1) is 18.5. The van der Waals surface area contributed by atoms with Crippen molar-refractivity contribution in [1.29, 1.82) is 0 Å². The van der Waals surface area contributed by atoms with Crippen LogP contribution in [0.4, 0.5) is 0 Å². The van der Waals surface area contributed by atoms with Gasteiger partial charge < -0.3 is 10.5 Å². The molecule has 0 saturated heterocycles. The fourth-order valence-electron chi connectivity index (χ4n) is 3.39. The van der Waals surface area contributed by atoms with Crippen molar-refractivity contribution in [2.24, 2.45) is 5.73 Å². The van der Waals surface area contributed by atoms with Gasteiger partial charge >= 0.3 is 5.97 Å². The summed E-state index contributed by atoms with van der Waals surface area (Å²) in [5.74, 6) is 6.52. The fourth-order valence-corrected chi connectivity index (χ4v) is 3.39. The van der Waals surface area contributed by atoms with Crippen molar-refractivity contribution < 1.29 is 9.53 Å². The van der Waals surface area contributed by atoms with Crippen LogP contribution in [0.2, 0.25) is 0 Å². The summed E-state index contributed by atoms with van der Waals surface area (Å²) in [6, 6.07) is 8.38. The predicted molar refractivity (Wildman–Crippen MR) is 97.6 cm³/mol. The van der Waals surface area contributed by atoms with Gasteiger partial charge in [-0.15, -0.1) is 0 Å². The van der Waals surface area contributed by atoms with Crippen molar-refractivity contribution in [2.75, 3.05) is 7.11 Å². The molecule has 0 amide bonds. The molecule has 2 rings (SSSR count). The summed E-state index contributed by atoms with van der Waals surface area (Å²) in [6.45, 7) is 2.22. The van der Waals surface area contributed by atoms with E-state index in [1.165, 1.54) is 38.4 Å². The van der Waals surface area contributed by atoms with E-state index in [0.29, 0.717) is 18.8 Å². The molecule has 3 heteroatoms. The third kappa shape index (κ3) is 4.85. The first-order valence-corrected chi connectivity index (χ1v) is 9.05. The molecule has 0 radical (unpaired) electrons. The number of carbonyl (C=O) groups excluding carboxylic acids is 1. The SMILES string of the molecule is CCCCCCC#Cc1ccc([C@@H]2CC[C@](N)(C(=O)OC)C2)cc1. The zero-order valence-corrected chi connectivity index (χ0v) is 14.9. The summed E-state index contributed by atoms with van der Waals surface area (Å²) >= 11 is 0. The van der Waals surface area contributed by atoms with Crippen LogP contribution in [0.25, 0.3) is 0 Å². The van der Waals surface area contributed by atoms with Crippen LogP contribution >= 0.6 is 0 Å². The van der Waals surface area contributed by atoms with E-state index in [1.807, 2.05) is 0 Å². The van der Waals surface area contributed by atoms with Crippen molar-refractivity contribution >= 4 is 5.97 Å². The lowest BCUT2D eigenvalue weighted by Crippen LogP contribution is -2.46. The summed E-state index contributed by atoms with van der Waals surface area (Å²) in [5, 5.41) is 0. The Balaban J connectivity index is 1.89. The molecule has 2 atom stereocenters. The number of benzene rings is 1. The summed E-state index contributed by atoms with van der Waals surface area (Å²) in [6.07, 6.45) is 8.25. The molecule has 1 fully saturated rings. The maximum absolute atomic E-state index is 11.8. The van der Waals surface area contributed by atoms with Gasteiger partial charge in [-0.2, -0.15) is 0 Å². The highest BCUT2D eigenvalue weighted by molar-refractivity contribution is 5.81. The van der Waals surface area contributed by atoms with Crippen LogP contribution in [0.15, 0.2) is 24.3 Å². The fraction of sp³-hybridized carbons (Fsp3) is 0.571. The van der Waals surface area contributed by atoms with E-state index in [2.05, 4.69) is 43.0 Å². The van der Waals surface area contributed by atoms with Crippen LogP contribution in [0.3, 0.4) is 0 Å². The highest BCUT2D eigenvalue weighted by Gasteiger charge is 2.43. The smallest absolute Gasteiger partial charge is 0.325 e. The number of esters is 1. The van der Waals surface area contributed by atoms with Crippen molar-refractivity contribution in [1.82, 2.24) is 0 Å². The van der Waals surface area contributed by atoms with Gasteiger partial charge in [0, 0.05) is 12.0 Å². The van der Waals surface area contributed by atoms with Gasteiger partial charge in [0.1, 0.15) is 5.54 Å². The molecule has 0 aliphatic heterocycles. The number of rotatable bonds is 6. The van der Waals surface area contributed by atoms with Crippen LogP contribution < -0.4 is 5.73 Å². The molecule has 130 valence electrons. The zero-order chi connectivity index (χ0) is 17.4. The first-order valence-electron chi connectivity index (χ1n) is 9.05. The van der Waals surface area contributed by atoms with Gasteiger partial charge in [-0.05, 0) is 49.3 Å². The van der Waals surface area contributed by atoms with E-state index in [1.54, 1.807) is 0 Å². The second-order valence-corrected chi connectivity index (χ2v) is 6.82. The van der Waals surface area contributed by atoms with Crippen molar-refractivity contribution in [2.45, 2.75) is 69.7 Å². The molecule has 0 aromatic heterocycles. The quantitative estimate of drug-likeness (QED) is 0.485. The molecule has 0 bridgehead atoms. The van der Waals surface area contributed by atoms with Gasteiger partial charge in [0.2, 0.25) is 0 Å². The molecule has 2 N–H and O–H groups in total. The molecule has 1 aliphatic rings. The summed E-state index contributed by atoms with van der Waals surface area (Å²) < 4.78 is 4.84. The van der Waals surface area contributed by atoms with Crippen LogP contribution in [0.5, 0.6) is 0 Å². The highest BCUT2D eigenvalue weighted by atomic mass is 16.5. The number of hydrogen-bond acceptors (Lipinski definition) is 3. The molecule has 0 spiro atoms. The van der Waals surface area contributed by atoms with Crippen molar-refractivity contribution in [3.63, 3.8) is 0 Å². The van der Waals surface area contributed by atoms with E-state index in [9.17, 15) is 4.79 Å². The largest absolute Gasteiger partial charge is 0.468 e. The number of ether oxygens (including phenoxy) is 1. The van der Waals surface area contributed by atoms with Gasteiger partial charge in [-0.25, -0.2) is 0 Å². The third-order valence-corrected chi connectivity index (χ3v) is 4.91. The molecule has 1 aromatic rings. The third-order valence-electron chi connectivity index (χ3n) is 4.91. The van der Waals surface area contributed by atoms with Gasteiger partial charge in [-0.3, -0.25) is 4.79 Å². The number of methoxy groups -OCH3 is 1. The molecule has 24 heavy (non-hydrogen) atoms. The Morgan fingerprint density at radius 3 is 2.71 bits per heavy atom. The Morgan fingerprint density at radius 2 is 2.04 bits per heavy atom. The Labute approximate surface area is 146 Å². The number of carbonyl (C=O) groups is 1. The predicted octanol–water partition coefficient (Wildman–Crippen LogP) is 4.15. The van der Waals surface area contributed by atoms with Crippen LogP contribution in [0, 0.1) is 11.8 Å². The molecular weight excluding hydrogens is 298 g/mol. The Kier molecular flexibility index (Phi) is 6.87. The normalized spacial score (nSPS) is 22.7. The lowest BCUT2D eigenvalue weighted by molar-refractivity contribution is -0.146. The highest BCUT2D eigenvalue weighted by Crippen LogP contribution is 2.40. The van der Waals surface area contributed by atoms with E-state index in [4.69, 9.17) is 10.5 Å². The van der Waals surface area contributed by atoms with Gasteiger partial charge in [0.05, 0.1) is 7.11 Å². The standard InChI is InChI=1S/C21H29NO2/c1-3-4-5-6-7-8-9-17-10-12-18(13-11-17)19-14-15-21(22,16-19)20(23)24-2/h10-13,19H,3-7,14-16,22H2,1-2H3/t19-,21-/m1/s1. The minimum Gasteiger partial charge on any atom is -0.468 e. The lowest BCUT2D eigenvalue weighted by Gasteiger charge is -2.20. The summed E-state index contributed by atoms with van der Waals surface area (Å²) in [4.78, 5) is 11.8. The molecular formula is C21H29NO2. The number of hydrogen-bond donors (Lipinski definition) is 1. The summed E-state index contributed by atoms with van der Waals surface area (Å²) in [7, 11) is 1.40. The van der Waals surface area contributed by atoms with Crippen molar-refractivity contribution in [3.8, 4) is 11.8 Å². The van der Waals surface area contributed by atoms with E-state index in [0.717, 1.165) is 18.4 Å². The van der Waals surface area contributed by atoms with E-state index < -0.39 is 5.54 Å². The van der Waals surface area contributed by atoms with Crippen LogP contribution in [0.1, 0.15) is 75.3 Å². The first-order chi connectivity index (χ1) is 11.6. The molecule has 1 aromatic carbocycles. The van der Waals surface area contributed by atoms with Crippen molar-refractivity contribution in [3.05, 3.63) is 35.4 Å². The topological polar surface area (TPSA) is 52.3 Å². The minimum atomic E-state index is -0.823. The van der Waals surface area contributed by atoms with Gasteiger partial charge in [-0.1, -0.05) is 50.2 Å². The minimum absolute atomic E-state index is 0.296. The van der Waals surface area contributed by atoms with Crippen LogP contribution in [-0.4, -0.2) is 18.6 Å². The molecule has 3 nitrogen and oxygen atoms in total. The van der Waals surface area contributed by atoms with Gasteiger partial charge in [0.15, 0.2) is 0 Å². The molecule has 1 aliphatic carbocycles. The number of nitrogens with two attached hydrogens (primary N) is 1. The lowest BCUT2D eigenvalue weighted by atomic mass is 9.92. The average Bonchev–Trinajstić information content (AvgIpc) is 3.01. The molecule has 0 unspecified atom stereocenters. The maximum Gasteiger partial charge on any atom is 0.325 e. The Hall–Kier alpha value is -1.79. The van der Waals surface area contributed by atoms with Gasteiger partial charge in [0.25, 0.3) is 0 Å². The second-order valence-electron chi connectivity index (χ2n) is 6.82. The van der Waals surface area contributed by atoms with E-state index in [-0.39, 0.29) is 5.97 Å². The molecule has 1 saturated carbocycles. The zero-order valence-electron chi connectivity index (χ0n) is 14.9. The average molecular weight is 327 g/mol.